The van der Waals surface area contributed by atoms with Crippen molar-refractivity contribution in [3.63, 3.8) is 0 Å². The Kier molecular flexibility index (Phi) is 5.56. The molecule has 0 aliphatic carbocycles. The van der Waals surface area contributed by atoms with Crippen molar-refractivity contribution in [2.75, 3.05) is 0 Å². The molecule has 0 fully saturated rings. The Morgan fingerprint density at radius 1 is 0.333 bits per heavy atom. The van der Waals surface area contributed by atoms with E-state index in [0.29, 0.717) is 0 Å². The predicted octanol–water partition coefficient (Wildman–Crippen LogP) is 11.1. The minimum absolute atomic E-state index is 1.25. The Bertz CT molecular complexity index is 1950. The topological polar surface area (TPSA) is 0 Å². The monoisotopic (exact) mass is 498 g/mol. The van der Waals surface area contributed by atoms with Crippen LogP contribution in [0.3, 0.4) is 0 Å². The Morgan fingerprint density at radius 3 is 1.31 bits per heavy atom. The van der Waals surface area contributed by atoms with Gasteiger partial charge in [-0.2, -0.15) is 0 Å². The lowest BCUT2D eigenvalue weighted by atomic mass is 9.85. The summed E-state index contributed by atoms with van der Waals surface area (Å²) in [6, 6.07) is 47.0. The molecule has 0 atom stereocenters. The third-order valence-corrected chi connectivity index (χ3v) is 8.38. The summed E-state index contributed by atoms with van der Waals surface area (Å²) in [5, 5.41) is 7.68. The largest absolute Gasteiger partial charge is 0.0622 e. The lowest BCUT2D eigenvalue weighted by Crippen LogP contribution is -1.91. The van der Waals surface area contributed by atoms with Crippen LogP contribution in [0.5, 0.6) is 0 Å². The van der Waals surface area contributed by atoms with Crippen LogP contribution in [-0.4, -0.2) is 0 Å². The molecule has 7 aromatic rings. The third kappa shape index (κ3) is 3.92. The average Bonchev–Trinajstić information content (AvgIpc) is 2.98. The minimum atomic E-state index is 1.25. The first kappa shape index (κ1) is 23.4. The maximum absolute atomic E-state index is 2.36. The SMILES string of the molecule is Cc1cc(-c2ccc3cc(-c4c5ccccc5c(-c5ccccc5)c5ccccc45)ccc3c2)cc(C)c1C. The van der Waals surface area contributed by atoms with Gasteiger partial charge < -0.3 is 0 Å². The fourth-order valence-electron chi connectivity index (χ4n) is 6.14. The van der Waals surface area contributed by atoms with Crippen LogP contribution in [0.25, 0.3) is 65.7 Å². The van der Waals surface area contributed by atoms with Crippen LogP contribution in [0, 0.1) is 20.8 Å². The predicted molar refractivity (Wildman–Crippen MR) is 169 cm³/mol. The average molecular weight is 499 g/mol. The van der Waals surface area contributed by atoms with Gasteiger partial charge in [-0.25, -0.2) is 0 Å². The van der Waals surface area contributed by atoms with E-state index in [1.165, 1.54) is 82.4 Å². The molecule has 0 heterocycles. The Morgan fingerprint density at radius 2 is 0.769 bits per heavy atom. The van der Waals surface area contributed by atoms with E-state index in [9.17, 15) is 0 Å². The van der Waals surface area contributed by atoms with E-state index < -0.39 is 0 Å². The molecule has 7 rings (SSSR count). The van der Waals surface area contributed by atoms with Crippen molar-refractivity contribution in [2.24, 2.45) is 0 Å². The molecule has 0 radical (unpaired) electrons. The first-order chi connectivity index (χ1) is 19.1. The zero-order valence-corrected chi connectivity index (χ0v) is 22.6. The quantitative estimate of drug-likeness (QED) is 0.213. The second kappa shape index (κ2) is 9.26. The Hall–Kier alpha value is -4.68. The molecule has 0 aromatic heterocycles. The molecule has 0 aliphatic rings. The highest BCUT2D eigenvalue weighted by atomic mass is 14.2. The lowest BCUT2D eigenvalue weighted by Gasteiger charge is -2.18. The van der Waals surface area contributed by atoms with Crippen LogP contribution >= 0.6 is 0 Å². The second-order valence-electron chi connectivity index (χ2n) is 10.7. The molecule has 0 saturated heterocycles. The summed E-state index contributed by atoms with van der Waals surface area (Å²) in [5.74, 6) is 0. The zero-order chi connectivity index (χ0) is 26.5. The van der Waals surface area contributed by atoms with E-state index in [0.717, 1.165) is 0 Å². The van der Waals surface area contributed by atoms with Gasteiger partial charge in [-0.05, 0) is 115 Å². The van der Waals surface area contributed by atoms with Gasteiger partial charge in [-0.1, -0.05) is 115 Å². The highest BCUT2D eigenvalue weighted by Gasteiger charge is 2.16. The molecule has 0 bridgehead atoms. The third-order valence-electron chi connectivity index (χ3n) is 8.38. The normalized spacial score (nSPS) is 11.5. The Balaban J connectivity index is 1.45. The van der Waals surface area contributed by atoms with E-state index in [1.54, 1.807) is 0 Å². The molecule has 0 N–H and O–H groups in total. The van der Waals surface area contributed by atoms with Gasteiger partial charge in [0.2, 0.25) is 0 Å². The molecule has 0 spiro atoms. The fourth-order valence-corrected chi connectivity index (χ4v) is 6.14. The van der Waals surface area contributed by atoms with Crippen LogP contribution in [0.4, 0.5) is 0 Å². The van der Waals surface area contributed by atoms with Gasteiger partial charge in [-0.3, -0.25) is 0 Å². The van der Waals surface area contributed by atoms with E-state index >= 15 is 0 Å². The first-order valence-corrected chi connectivity index (χ1v) is 13.7. The van der Waals surface area contributed by atoms with Gasteiger partial charge in [0.1, 0.15) is 0 Å². The highest BCUT2D eigenvalue weighted by Crippen LogP contribution is 2.44. The number of benzene rings is 7. The summed E-state index contributed by atoms with van der Waals surface area (Å²) in [6.45, 7) is 6.61. The van der Waals surface area contributed by atoms with E-state index in [1.807, 2.05) is 0 Å². The molecule has 39 heavy (non-hydrogen) atoms. The van der Waals surface area contributed by atoms with Crippen molar-refractivity contribution in [1.29, 1.82) is 0 Å². The zero-order valence-electron chi connectivity index (χ0n) is 22.6. The van der Waals surface area contributed by atoms with Crippen LogP contribution in [0.1, 0.15) is 16.7 Å². The van der Waals surface area contributed by atoms with Crippen molar-refractivity contribution in [1.82, 2.24) is 0 Å². The molecule has 0 saturated carbocycles. The summed E-state index contributed by atoms with van der Waals surface area (Å²) in [4.78, 5) is 0. The highest BCUT2D eigenvalue weighted by molar-refractivity contribution is 6.21. The summed E-state index contributed by atoms with van der Waals surface area (Å²) in [7, 11) is 0. The van der Waals surface area contributed by atoms with E-state index in [4.69, 9.17) is 0 Å². The number of hydrogen-bond donors (Lipinski definition) is 0. The van der Waals surface area contributed by atoms with Crippen molar-refractivity contribution < 1.29 is 0 Å². The summed E-state index contributed by atoms with van der Waals surface area (Å²) in [6.07, 6.45) is 0. The number of fused-ring (bicyclic) bond motifs is 3. The lowest BCUT2D eigenvalue weighted by molar-refractivity contribution is 1.27. The van der Waals surface area contributed by atoms with E-state index in [-0.39, 0.29) is 0 Å². The van der Waals surface area contributed by atoms with Gasteiger partial charge >= 0.3 is 0 Å². The molecular weight excluding hydrogens is 468 g/mol. The van der Waals surface area contributed by atoms with Crippen molar-refractivity contribution in [3.8, 4) is 33.4 Å². The number of hydrogen-bond acceptors (Lipinski definition) is 0. The maximum atomic E-state index is 2.36. The molecule has 0 nitrogen and oxygen atoms in total. The maximum Gasteiger partial charge on any atom is -0.00262 e. The van der Waals surface area contributed by atoms with Crippen LogP contribution in [0.15, 0.2) is 127 Å². The number of rotatable bonds is 3. The summed E-state index contributed by atoms with van der Waals surface area (Å²) >= 11 is 0. The summed E-state index contributed by atoms with van der Waals surface area (Å²) in [5.41, 5.74) is 11.7. The fraction of sp³-hybridized carbons (Fsp3) is 0.0769. The molecule has 0 aliphatic heterocycles. The van der Waals surface area contributed by atoms with Crippen molar-refractivity contribution >= 4 is 32.3 Å². The Labute approximate surface area is 230 Å². The van der Waals surface area contributed by atoms with Crippen LogP contribution in [-0.2, 0) is 0 Å². The van der Waals surface area contributed by atoms with Crippen molar-refractivity contribution in [3.05, 3.63) is 144 Å². The van der Waals surface area contributed by atoms with Gasteiger partial charge in [0.25, 0.3) is 0 Å². The van der Waals surface area contributed by atoms with Gasteiger partial charge in [0.15, 0.2) is 0 Å². The molecule has 0 unspecified atom stereocenters. The minimum Gasteiger partial charge on any atom is -0.0622 e. The summed E-state index contributed by atoms with van der Waals surface area (Å²) < 4.78 is 0. The number of aryl methyl sites for hydroxylation is 2. The van der Waals surface area contributed by atoms with Crippen LogP contribution in [0.2, 0.25) is 0 Å². The molecule has 186 valence electrons. The van der Waals surface area contributed by atoms with Crippen molar-refractivity contribution in [2.45, 2.75) is 20.8 Å². The van der Waals surface area contributed by atoms with Gasteiger partial charge in [0.05, 0.1) is 0 Å². The van der Waals surface area contributed by atoms with E-state index in [2.05, 4.69) is 148 Å². The molecular formula is C39H30. The molecule has 0 amide bonds. The smallest absolute Gasteiger partial charge is 0.00262 e. The standard InChI is InChI=1S/C39H30/c1-25-21-33(22-26(2)27(25)3)31-18-17-30-24-32(20-19-29(30)23-31)39-36-15-9-7-13-34(36)38(28-11-5-4-6-12-28)35-14-8-10-16-37(35)39/h4-24H,1-3H3. The van der Waals surface area contributed by atoms with Gasteiger partial charge in [-0.15, -0.1) is 0 Å². The van der Waals surface area contributed by atoms with Gasteiger partial charge in [0, 0.05) is 0 Å². The second-order valence-corrected chi connectivity index (χ2v) is 10.7. The van der Waals surface area contributed by atoms with Crippen LogP contribution < -0.4 is 0 Å². The molecule has 0 heteroatoms. The molecule has 7 aromatic carbocycles. The first-order valence-electron chi connectivity index (χ1n) is 13.7.